The summed E-state index contributed by atoms with van der Waals surface area (Å²) in [4.78, 5) is 0.645. The fourth-order valence-corrected chi connectivity index (χ4v) is 3.81. The van der Waals surface area contributed by atoms with Crippen LogP contribution < -0.4 is 14.8 Å². The molecule has 0 saturated heterocycles. The number of ether oxygens (including phenoxy) is 2. The number of nitrogens with one attached hydrogen (secondary N) is 1. The van der Waals surface area contributed by atoms with Crippen molar-refractivity contribution >= 4 is 22.8 Å². The van der Waals surface area contributed by atoms with Gasteiger partial charge in [0.05, 0.1) is 14.2 Å². The summed E-state index contributed by atoms with van der Waals surface area (Å²) in [6, 6.07) is 9.87. The van der Waals surface area contributed by atoms with Crippen LogP contribution in [0.3, 0.4) is 0 Å². The molecule has 6 heteroatoms. The first-order valence-corrected chi connectivity index (χ1v) is 10.5. The molecule has 2 aromatic rings. The van der Waals surface area contributed by atoms with Gasteiger partial charge in [0.1, 0.15) is 12.0 Å². The Morgan fingerprint density at radius 2 is 1.73 bits per heavy atom. The second kappa shape index (κ2) is 10.1. The number of hydrogen-bond donors (Lipinski definition) is 1. The van der Waals surface area contributed by atoms with Gasteiger partial charge < -0.3 is 19.3 Å². The van der Waals surface area contributed by atoms with Gasteiger partial charge >= 0.3 is 0 Å². The minimum atomic E-state index is -1.13. The topological polar surface area (TPSA) is 53.5 Å². The molecule has 1 N–H and O–H groups in total. The monoisotopic (exact) mass is 395 g/mol. The van der Waals surface area contributed by atoms with Crippen LogP contribution in [-0.4, -0.2) is 31.6 Å². The van der Waals surface area contributed by atoms with E-state index in [1.807, 2.05) is 18.2 Å². The average Bonchev–Trinajstić information content (AvgIpc) is 2.63. The van der Waals surface area contributed by atoms with Crippen molar-refractivity contribution < 1.29 is 14.0 Å². The fourth-order valence-electron chi connectivity index (χ4n) is 2.83. The van der Waals surface area contributed by atoms with E-state index in [-0.39, 0.29) is 0 Å². The Bertz CT molecular complexity index is 737. The van der Waals surface area contributed by atoms with E-state index in [0.717, 1.165) is 42.3 Å². The molecule has 1 atom stereocenters. The van der Waals surface area contributed by atoms with E-state index in [4.69, 9.17) is 21.1 Å². The highest BCUT2D eigenvalue weighted by Gasteiger charge is 2.17. The first-order valence-electron chi connectivity index (χ1n) is 8.55. The van der Waals surface area contributed by atoms with Gasteiger partial charge in [-0.1, -0.05) is 24.6 Å². The number of benzene rings is 2. The highest BCUT2D eigenvalue weighted by molar-refractivity contribution is 7.90. The van der Waals surface area contributed by atoms with Crippen LogP contribution in [-0.2, 0) is 30.6 Å². The van der Waals surface area contributed by atoms with Gasteiger partial charge in [0.25, 0.3) is 0 Å². The largest absolute Gasteiger partial charge is 0.612 e. The van der Waals surface area contributed by atoms with E-state index >= 15 is 0 Å². The molecule has 0 aliphatic heterocycles. The molecule has 0 radical (unpaired) electrons. The number of halogens is 1. The molecule has 0 fully saturated rings. The van der Waals surface area contributed by atoms with Crippen molar-refractivity contribution in [3.05, 3.63) is 52.0 Å². The van der Waals surface area contributed by atoms with Crippen LogP contribution in [0.2, 0.25) is 5.02 Å². The number of rotatable bonds is 9. The quantitative estimate of drug-likeness (QED) is 0.515. The third kappa shape index (κ3) is 5.55. The van der Waals surface area contributed by atoms with Crippen LogP contribution in [0.25, 0.3) is 0 Å². The molecule has 142 valence electrons. The fraction of sp³-hybridized carbons (Fsp3) is 0.400. The normalized spacial score (nSPS) is 12.1. The van der Waals surface area contributed by atoms with E-state index < -0.39 is 11.2 Å². The highest BCUT2D eigenvalue weighted by Crippen LogP contribution is 2.32. The first-order chi connectivity index (χ1) is 12.5. The minimum Gasteiger partial charge on any atom is -0.612 e. The second-order valence-electron chi connectivity index (χ2n) is 6.02. The maximum absolute atomic E-state index is 11.9. The van der Waals surface area contributed by atoms with Crippen LogP contribution in [0.15, 0.2) is 35.2 Å². The zero-order valence-electron chi connectivity index (χ0n) is 15.7. The Hall–Kier alpha value is -1.40. The summed E-state index contributed by atoms with van der Waals surface area (Å²) in [6.45, 7) is 3.65. The lowest BCUT2D eigenvalue weighted by molar-refractivity contribution is 0.388. The van der Waals surface area contributed by atoms with Gasteiger partial charge in [0.2, 0.25) is 0 Å². The lowest BCUT2D eigenvalue weighted by Crippen LogP contribution is -2.17. The molecule has 0 aromatic heterocycles. The van der Waals surface area contributed by atoms with Crippen LogP contribution in [0, 0.1) is 0 Å². The summed E-state index contributed by atoms with van der Waals surface area (Å²) in [5.74, 6) is 1.36. The summed E-state index contributed by atoms with van der Waals surface area (Å²) in [7, 11) is 3.21. The van der Waals surface area contributed by atoms with E-state index in [0.29, 0.717) is 10.6 Å². The van der Waals surface area contributed by atoms with Gasteiger partial charge in [-0.05, 0) is 65.5 Å². The third-order valence-corrected chi connectivity index (χ3v) is 5.36. The molecule has 0 aliphatic carbocycles. The van der Waals surface area contributed by atoms with Gasteiger partial charge in [0.15, 0.2) is 10.6 Å². The minimum absolute atomic E-state index is 0.629. The van der Waals surface area contributed by atoms with Gasteiger partial charge in [-0.2, -0.15) is 0 Å². The van der Waals surface area contributed by atoms with E-state index in [1.165, 1.54) is 11.1 Å². The van der Waals surface area contributed by atoms with Crippen molar-refractivity contribution in [1.29, 1.82) is 0 Å². The van der Waals surface area contributed by atoms with Gasteiger partial charge in [-0.3, -0.25) is 0 Å². The molecular weight excluding hydrogens is 370 g/mol. The van der Waals surface area contributed by atoms with Crippen molar-refractivity contribution in [1.82, 2.24) is 5.32 Å². The summed E-state index contributed by atoms with van der Waals surface area (Å²) >= 11 is 5.04. The van der Waals surface area contributed by atoms with Gasteiger partial charge in [-0.15, -0.1) is 0 Å². The van der Waals surface area contributed by atoms with Crippen LogP contribution >= 0.6 is 11.6 Å². The maximum Gasteiger partial charge on any atom is 0.198 e. The summed E-state index contributed by atoms with van der Waals surface area (Å²) < 4.78 is 22.7. The van der Waals surface area contributed by atoms with Gasteiger partial charge in [0, 0.05) is 17.6 Å². The molecule has 1 unspecified atom stereocenters. The predicted octanol–water partition coefficient (Wildman–Crippen LogP) is 3.99. The van der Waals surface area contributed by atoms with Crippen LogP contribution in [0.4, 0.5) is 0 Å². The second-order valence-corrected chi connectivity index (χ2v) is 7.80. The number of aryl methyl sites for hydroxylation is 1. The molecule has 0 heterocycles. The SMILES string of the molecule is CCc1cc(Cl)cc(CNCCc2cc(OC)c([S+](C)[O-])cc2OC)c1. The number of hydrogen-bond acceptors (Lipinski definition) is 4. The summed E-state index contributed by atoms with van der Waals surface area (Å²) in [6.07, 6.45) is 3.38. The molecule has 2 rings (SSSR count). The van der Waals surface area contributed by atoms with E-state index in [1.54, 1.807) is 26.5 Å². The lowest BCUT2D eigenvalue weighted by atomic mass is 10.1. The molecule has 0 amide bonds. The maximum atomic E-state index is 11.9. The van der Waals surface area contributed by atoms with Crippen molar-refractivity contribution in [3.63, 3.8) is 0 Å². The molecule has 0 bridgehead atoms. The van der Waals surface area contributed by atoms with Crippen molar-refractivity contribution in [3.8, 4) is 11.5 Å². The summed E-state index contributed by atoms with van der Waals surface area (Å²) in [5.41, 5.74) is 3.44. The van der Waals surface area contributed by atoms with E-state index in [2.05, 4.69) is 18.3 Å². The van der Waals surface area contributed by atoms with Crippen molar-refractivity contribution in [2.24, 2.45) is 0 Å². The van der Waals surface area contributed by atoms with Gasteiger partial charge in [-0.25, -0.2) is 0 Å². The Labute approximate surface area is 164 Å². The smallest absolute Gasteiger partial charge is 0.198 e. The first kappa shape index (κ1) is 20.9. The molecule has 0 saturated carbocycles. The molecule has 0 spiro atoms. The summed E-state index contributed by atoms with van der Waals surface area (Å²) in [5, 5.41) is 4.21. The number of methoxy groups -OCH3 is 2. The predicted molar refractivity (Wildman–Crippen MR) is 108 cm³/mol. The molecule has 26 heavy (non-hydrogen) atoms. The Balaban J connectivity index is 2.02. The molecule has 4 nitrogen and oxygen atoms in total. The lowest BCUT2D eigenvalue weighted by Gasteiger charge is -2.15. The molecule has 2 aromatic carbocycles. The van der Waals surface area contributed by atoms with E-state index in [9.17, 15) is 4.55 Å². The van der Waals surface area contributed by atoms with Crippen LogP contribution in [0.1, 0.15) is 23.6 Å². The Morgan fingerprint density at radius 3 is 2.35 bits per heavy atom. The third-order valence-electron chi connectivity index (χ3n) is 4.20. The zero-order chi connectivity index (χ0) is 19.1. The molecular formula is C20H26ClNO3S. The van der Waals surface area contributed by atoms with Crippen molar-refractivity contribution in [2.45, 2.75) is 31.2 Å². The Kier molecular flexibility index (Phi) is 8.10. The average molecular weight is 396 g/mol. The zero-order valence-corrected chi connectivity index (χ0v) is 17.3. The Morgan fingerprint density at radius 1 is 1.04 bits per heavy atom. The van der Waals surface area contributed by atoms with Crippen LogP contribution in [0.5, 0.6) is 11.5 Å². The standard InChI is InChI=1S/C20H26ClNO3S/c1-5-14-8-15(10-17(21)9-14)13-22-7-6-16-11-19(25-3)20(26(4)23)12-18(16)24-2/h8-12,22H,5-7,13H2,1-4H3. The highest BCUT2D eigenvalue weighted by atomic mass is 35.5. The molecule has 0 aliphatic rings. The van der Waals surface area contributed by atoms with Crippen molar-refractivity contribution in [2.75, 3.05) is 27.0 Å².